The van der Waals surface area contributed by atoms with Crippen molar-refractivity contribution in [2.45, 2.75) is 26.2 Å². The maximum Gasteiger partial charge on any atom is 0.143 e. The lowest BCUT2D eigenvalue weighted by Gasteiger charge is -2.25. The quantitative estimate of drug-likeness (QED) is 0.178. The molecule has 0 saturated carbocycles. The van der Waals surface area contributed by atoms with Crippen molar-refractivity contribution in [2.75, 3.05) is 4.90 Å². The fourth-order valence-corrected chi connectivity index (χ4v) is 8.06. The zero-order chi connectivity index (χ0) is 33.6. The summed E-state index contributed by atoms with van der Waals surface area (Å²) in [4.78, 5) is 2.32. The van der Waals surface area contributed by atoms with E-state index in [-0.39, 0.29) is 5.41 Å². The molecule has 0 radical (unpaired) electrons. The van der Waals surface area contributed by atoms with Gasteiger partial charge in [-0.15, -0.1) is 0 Å². The van der Waals surface area contributed by atoms with Crippen LogP contribution < -0.4 is 4.90 Å². The van der Waals surface area contributed by atoms with Crippen LogP contribution >= 0.6 is 0 Å². The van der Waals surface area contributed by atoms with Crippen LogP contribution in [0.2, 0.25) is 0 Å². The molecule has 9 aromatic carbocycles. The highest BCUT2D eigenvalue weighted by Gasteiger charge is 2.22. The first-order chi connectivity index (χ1) is 24.4. The summed E-state index contributed by atoms with van der Waals surface area (Å²) in [5.74, 6) is 0. The van der Waals surface area contributed by atoms with E-state index in [9.17, 15) is 0 Å². The van der Waals surface area contributed by atoms with E-state index in [4.69, 9.17) is 4.42 Å². The summed E-state index contributed by atoms with van der Waals surface area (Å²) < 4.78 is 6.97. The lowest BCUT2D eigenvalue weighted by Crippen LogP contribution is -2.10. The molecule has 2 nitrogen and oxygen atoms in total. The van der Waals surface area contributed by atoms with E-state index < -0.39 is 0 Å². The van der Waals surface area contributed by atoms with Crippen LogP contribution in [0.1, 0.15) is 26.3 Å². The first-order valence-corrected chi connectivity index (χ1v) is 17.4. The second-order valence-electron chi connectivity index (χ2n) is 14.6. The normalized spacial score (nSPS) is 12.3. The molecule has 0 aliphatic heterocycles. The zero-order valence-electron chi connectivity index (χ0n) is 28.4. The Balaban J connectivity index is 1.21. The number of hydrogen-bond donors (Lipinski definition) is 0. The van der Waals surface area contributed by atoms with Crippen LogP contribution in [0.5, 0.6) is 0 Å². The predicted molar refractivity (Wildman–Crippen MR) is 214 cm³/mol. The molecule has 0 aliphatic carbocycles. The Morgan fingerprint density at radius 1 is 0.440 bits per heavy atom. The van der Waals surface area contributed by atoms with Gasteiger partial charge in [0.1, 0.15) is 11.2 Å². The van der Waals surface area contributed by atoms with Crippen LogP contribution in [-0.2, 0) is 5.41 Å². The summed E-state index contributed by atoms with van der Waals surface area (Å²) in [6, 6.07) is 57.4. The van der Waals surface area contributed by atoms with Gasteiger partial charge in [0.25, 0.3) is 0 Å². The SMILES string of the molecule is CC(C)(C)c1ccc(-c2cc3cccc4c5c6ccc(N(c7ccccc7)c7ccc8ccccc8c7)cc6oc5c5cccc2c5c34)cc1. The van der Waals surface area contributed by atoms with Gasteiger partial charge in [-0.25, -0.2) is 0 Å². The number of fused-ring (bicyclic) bond motifs is 6. The Morgan fingerprint density at radius 3 is 1.94 bits per heavy atom. The van der Waals surface area contributed by atoms with Gasteiger partial charge in [-0.05, 0) is 96.9 Å². The van der Waals surface area contributed by atoms with Crippen LogP contribution in [0.25, 0.3) is 76.2 Å². The van der Waals surface area contributed by atoms with Crippen molar-refractivity contribution in [1.82, 2.24) is 0 Å². The number of furan rings is 1. The third-order valence-electron chi connectivity index (χ3n) is 10.5. The minimum atomic E-state index is 0.109. The van der Waals surface area contributed by atoms with E-state index in [0.29, 0.717) is 0 Å². The zero-order valence-corrected chi connectivity index (χ0v) is 28.4. The highest BCUT2D eigenvalue weighted by atomic mass is 16.3. The maximum absolute atomic E-state index is 6.97. The molecule has 2 heteroatoms. The molecule has 10 rings (SSSR count). The Labute approximate surface area is 291 Å². The highest BCUT2D eigenvalue weighted by molar-refractivity contribution is 6.38. The molecule has 0 unspecified atom stereocenters. The Kier molecular flexibility index (Phi) is 6.17. The van der Waals surface area contributed by atoms with Crippen LogP contribution in [0.4, 0.5) is 17.1 Å². The van der Waals surface area contributed by atoms with E-state index >= 15 is 0 Å². The summed E-state index contributed by atoms with van der Waals surface area (Å²) in [6.45, 7) is 6.80. The van der Waals surface area contributed by atoms with Crippen molar-refractivity contribution in [3.63, 3.8) is 0 Å². The van der Waals surface area contributed by atoms with Crippen LogP contribution in [0, 0.1) is 0 Å². The molecular formula is C48H35NO. The van der Waals surface area contributed by atoms with Gasteiger partial charge >= 0.3 is 0 Å². The average molecular weight is 642 g/mol. The maximum atomic E-state index is 6.97. The average Bonchev–Trinajstić information content (AvgIpc) is 3.54. The highest BCUT2D eigenvalue weighted by Crippen LogP contribution is 2.48. The van der Waals surface area contributed by atoms with Crippen molar-refractivity contribution in [3.05, 3.63) is 163 Å². The molecule has 0 fully saturated rings. The largest absolute Gasteiger partial charge is 0.455 e. The smallest absolute Gasteiger partial charge is 0.143 e. The summed E-state index contributed by atoms with van der Waals surface area (Å²) in [6.07, 6.45) is 0. The molecule has 50 heavy (non-hydrogen) atoms. The molecule has 0 spiro atoms. The Bertz CT molecular complexity index is 2890. The van der Waals surface area contributed by atoms with Crippen molar-refractivity contribution in [2.24, 2.45) is 0 Å². The molecule has 1 aromatic heterocycles. The van der Waals surface area contributed by atoms with Crippen molar-refractivity contribution in [1.29, 1.82) is 0 Å². The molecule has 10 aromatic rings. The van der Waals surface area contributed by atoms with Crippen LogP contribution in [-0.4, -0.2) is 0 Å². The number of nitrogens with zero attached hydrogens (tertiary/aromatic N) is 1. The summed E-state index contributed by atoms with van der Waals surface area (Å²) in [5, 5.41) is 12.2. The number of benzene rings is 9. The van der Waals surface area contributed by atoms with Crippen molar-refractivity contribution < 1.29 is 4.42 Å². The fourth-order valence-electron chi connectivity index (χ4n) is 8.06. The monoisotopic (exact) mass is 641 g/mol. The molecule has 0 N–H and O–H groups in total. The van der Waals surface area contributed by atoms with E-state index in [1.807, 2.05) is 0 Å². The number of para-hydroxylation sites is 1. The fraction of sp³-hybridized carbons (Fsp3) is 0.0833. The van der Waals surface area contributed by atoms with Gasteiger partial charge in [-0.3, -0.25) is 0 Å². The molecular weight excluding hydrogens is 607 g/mol. The van der Waals surface area contributed by atoms with E-state index in [1.54, 1.807) is 0 Å². The minimum absolute atomic E-state index is 0.109. The van der Waals surface area contributed by atoms with E-state index in [0.717, 1.165) is 39.0 Å². The van der Waals surface area contributed by atoms with Gasteiger partial charge in [0.05, 0.1) is 0 Å². The van der Waals surface area contributed by atoms with E-state index in [1.165, 1.54) is 59.8 Å². The Hall–Kier alpha value is -6.12. The summed E-state index contributed by atoms with van der Waals surface area (Å²) in [5.41, 5.74) is 9.03. The number of rotatable bonds is 4. The lowest BCUT2D eigenvalue weighted by molar-refractivity contribution is 0.590. The van der Waals surface area contributed by atoms with Gasteiger partial charge < -0.3 is 9.32 Å². The first-order valence-electron chi connectivity index (χ1n) is 17.4. The van der Waals surface area contributed by atoms with Gasteiger partial charge in [0.15, 0.2) is 0 Å². The van der Waals surface area contributed by atoms with Gasteiger partial charge in [0.2, 0.25) is 0 Å². The molecule has 1 heterocycles. The topological polar surface area (TPSA) is 16.4 Å². The minimum Gasteiger partial charge on any atom is -0.455 e. The second-order valence-corrected chi connectivity index (χ2v) is 14.6. The van der Waals surface area contributed by atoms with Crippen LogP contribution in [0.15, 0.2) is 162 Å². The van der Waals surface area contributed by atoms with E-state index in [2.05, 4.69) is 183 Å². The van der Waals surface area contributed by atoms with Crippen LogP contribution in [0.3, 0.4) is 0 Å². The van der Waals surface area contributed by atoms with Gasteiger partial charge in [-0.2, -0.15) is 0 Å². The third-order valence-corrected chi connectivity index (χ3v) is 10.5. The van der Waals surface area contributed by atoms with Crippen molar-refractivity contribution >= 4 is 82.1 Å². The Morgan fingerprint density at radius 2 is 1.12 bits per heavy atom. The lowest BCUT2D eigenvalue weighted by atomic mass is 9.84. The van der Waals surface area contributed by atoms with Crippen molar-refractivity contribution in [3.8, 4) is 11.1 Å². The number of anilines is 3. The molecule has 0 bridgehead atoms. The molecule has 0 saturated heterocycles. The summed E-state index contributed by atoms with van der Waals surface area (Å²) >= 11 is 0. The standard InChI is InChI=1S/C48H35NO/c1-48(2,3)34-22-19-31(20-23-34)42-28-33-13-9-17-40-44(33)45-38(42)16-10-18-41(45)47-46(40)39-26-25-37(29-43(39)50-47)49(35-14-5-4-6-15-35)36-24-21-30-11-7-8-12-32(30)27-36/h4-29H,1-3H3. The molecule has 0 atom stereocenters. The molecule has 0 amide bonds. The predicted octanol–water partition coefficient (Wildman–Crippen LogP) is 14.1. The molecule has 238 valence electrons. The third kappa shape index (κ3) is 4.35. The molecule has 0 aliphatic rings. The summed E-state index contributed by atoms with van der Waals surface area (Å²) in [7, 11) is 0. The van der Waals surface area contributed by atoms with Gasteiger partial charge in [0, 0.05) is 44.7 Å². The number of hydrogen-bond acceptors (Lipinski definition) is 2. The second kappa shape index (κ2) is 10.7. The first kappa shape index (κ1) is 28.9. The van der Waals surface area contributed by atoms with Gasteiger partial charge in [-0.1, -0.05) is 130 Å².